The number of H-pyrrole nitrogens is 1. The van der Waals surface area contributed by atoms with Gasteiger partial charge in [-0.1, -0.05) is 12.1 Å². The van der Waals surface area contributed by atoms with Gasteiger partial charge >= 0.3 is 0 Å². The largest absolute Gasteiger partial charge is 0.357 e. The number of hydrogen-bond donors (Lipinski definition) is 1. The van der Waals surface area contributed by atoms with Crippen molar-refractivity contribution in [3.63, 3.8) is 0 Å². The van der Waals surface area contributed by atoms with Crippen LogP contribution in [-0.4, -0.2) is 24.6 Å². The van der Waals surface area contributed by atoms with Crippen molar-refractivity contribution < 1.29 is 8.42 Å². The van der Waals surface area contributed by atoms with Crippen LogP contribution in [0.15, 0.2) is 41.3 Å². The summed E-state index contributed by atoms with van der Waals surface area (Å²) in [6.07, 6.45) is 2.96. The molecule has 0 spiro atoms. The second-order valence-electron chi connectivity index (χ2n) is 5.99. The van der Waals surface area contributed by atoms with Crippen molar-refractivity contribution in [1.82, 2.24) is 9.97 Å². The average molecular weight is 328 g/mol. The Labute approximate surface area is 136 Å². The number of nitrogens with zero attached hydrogens (tertiary/aromatic N) is 1. The van der Waals surface area contributed by atoms with Crippen LogP contribution in [0, 0.1) is 13.8 Å². The van der Waals surface area contributed by atoms with E-state index in [1.54, 1.807) is 12.1 Å². The topological polar surface area (TPSA) is 62.8 Å². The lowest BCUT2D eigenvalue weighted by atomic mass is 10.0. The van der Waals surface area contributed by atoms with Crippen molar-refractivity contribution in [1.29, 1.82) is 0 Å². The summed E-state index contributed by atoms with van der Waals surface area (Å²) in [6, 6.07) is 11.2. The van der Waals surface area contributed by atoms with E-state index in [0.717, 1.165) is 40.8 Å². The molecular formula is C18H20N2O2S. The van der Waals surface area contributed by atoms with Crippen LogP contribution in [0.25, 0.3) is 11.0 Å². The minimum absolute atomic E-state index is 0.363. The predicted octanol–water partition coefficient (Wildman–Crippen LogP) is 3.37. The van der Waals surface area contributed by atoms with Crippen LogP contribution in [0.4, 0.5) is 0 Å². The smallest absolute Gasteiger partial charge is 0.175 e. The normalized spacial score (nSPS) is 12.0. The van der Waals surface area contributed by atoms with Gasteiger partial charge in [0.2, 0.25) is 0 Å². The highest BCUT2D eigenvalue weighted by molar-refractivity contribution is 7.90. The Morgan fingerprint density at radius 3 is 2.35 bits per heavy atom. The Bertz CT molecular complexity index is 955. The lowest BCUT2D eigenvalue weighted by Gasteiger charge is -2.04. The van der Waals surface area contributed by atoms with Gasteiger partial charge in [0.1, 0.15) is 0 Å². The molecule has 1 N–H and O–H groups in total. The van der Waals surface area contributed by atoms with Gasteiger partial charge in [0.05, 0.1) is 15.9 Å². The fourth-order valence-corrected chi connectivity index (χ4v) is 3.45. The molecule has 1 aromatic carbocycles. The van der Waals surface area contributed by atoms with Gasteiger partial charge in [-0.05, 0) is 62.1 Å². The molecule has 0 amide bonds. The number of hydrogen-bond acceptors (Lipinski definition) is 3. The Kier molecular flexibility index (Phi) is 3.98. The zero-order valence-electron chi connectivity index (χ0n) is 13.6. The zero-order valence-corrected chi connectivity index (χ0v) is 14.4. The summed E-state index contributed by atoms with van der Waals surface area (Å²) < 4.78 is 23.0. The van der Waals surface area contributed by atoms with E-state index in [9.17, 15) is 8.42 Å². The summed E-state index contributed by atoms with van der Waals surface area (Å²) >= 11 is 0. The van der Waals surface area contributed by atoms with E-state index in [0.29, 0.717) is 4.90 Å². The number of rotatable bonds is 4. The van der Waals surface area contributed by atoms with Crippen LogP contribution in [0.2, 0.25) is 0 Å². The fourth-order valence-electron chi connectivity index (χ4n) is 2.82. The molecular weight excluding hydrogens is 308 g/mol. The number of nitrogens with one attached hydrogen (secondary N) is 1. The molecule has 0 aliphatic heterocycles. The van der Waals surface area contributed by atoms with Crippen molar-refractivity contribution >= 4 is 20.9 Å². The van der Waals surface area contributed by atoms with E-state index in [-0.39, 0.29) is 0 Å². The first-order valence-corrected chi connectivity index (χ1v) is 9.47. The molecule has 0 radical (unpaired) electrons. The third-order valence-corrected chi connectivity index (χ3v) is 5.24. The maximum Gasteiger partial charge on any atom is 0.175 e. The Hall–Kier alpha value is -2.14. The van der Waals surface area contributed by atoms with Crippen LogP contribution >= 0.6 is 0 Å². The first kappa shape index (κ1) is 15.7. The molecule has 23 heavy (non-hydrogen) atoms. The van der Waals surface area contributed by atoms with Crippen molar-refractivity contribution in [2.24, 2.45) is 0 Å². The Balaban J connectivity index is 1.83. The van der Waals surface area contributed by atoms with E-state index >= 15 is 0 Å². The van der Waals surface area contributed by atoms with Crippen LogP contribution in [0.1, 0.15) is 22.5 Å². The molecule has 3 rings (SSSR count). The molecule has 5 heteroatoms. The van der Waals surface area contributed by atoms with Gasteiger partial charge in [-0.2, -0.15) is 0 Å². The minimum Gasteiger partial charge on any atom is -0.357 e. The van der Waals surface area contributed by atoms with Gasteiger partial charge in [-0.15, -0.1) is 0 Å². The lowest BCUT2D eigenvalue weighted by Crippen LogP contribution is -1.98. The lowest BCUT2D eigenvalue weighted by molar-refractivity contribution is 0.602. The molecule has 4 nitrogen and oxygen atoms in total. The first-order chi connectivity index (χ1) is 10.8. The van der Waals surface area contributed by atoms with E-state index in [1.807, 2.05) is 25.1 Å². The van der Waals surface area contributed by atoms with E-state index in [1.165, 1.54) is 11.8 Å². The molecule has 0 saturated heterocycles. The van der Waals surface area contributed by atoms with Crippen LogP contribution in [0.3, 0.4) is 0 Å². The van der Waals surface area contributed by atoms with Gasteiger partial charge in [0, 0.05) is 17.6 Å². The zero-order chi connectivity index (χ0) is 16.6. The van der Waals surface area contributed by atoms with E-state index < -0.39 is 9.84 Å². The number of benzene rings is 1. The number of aromatic amines is 1. The van der Waals surface area contributed by atoms with Gasteiger partial charge in [-0.3, -0.25) is 4.98 Å². The second-order valence-corrected chi connectivity index (χ2v) is 8.01. The average Bonchev–Trinajstić information content (AvgIpc) is 2.79. The molecule has 0 fully saturated rings. The summed E-state index contributed by atoms with van der Waals surface area (Å²) in [5, 5.41) is 0. The molecule has 3 aromatic rings. The number of fused-ring (bicyclic) bond motifs is 1. The summed E-state index contributed by atoms with van der Waals surface area (Å²) in [6.45, 7) is 4.06. The molecule has 2 aromatic heterocycles. The summed E-state index contributed by atoms with van der Waals surface area (Å²) in [5.41, 5.74) is 6.61. The van der Waals surface area contributed by atoms with Gasteiger partial charge < -0.3 is 4.98 Å². The van der Waals surface area contributed by atoms with Gasteiger partial charge in [0.15, 0.2) is 9.84 Å². The highest BCUT2D eigenvalue weighted by atomic mass is 32.2. The molecule has 0 aliphatic rings. The Morgan fingerprint density at radius 2 is 1.70 bits per heavy atom. The molecule has 2 heterocycles. The van der Waals surface area contributed by atoms with Gasteiger partial charge in [-0.25, -0.2) is 8.42 Å². The number of pyridine rings is 1. The number of sulfone groups is 1. The molecule has 0 saturated carbocycles. The third-order valence-electron chi connectivity index (χ3n) is 4.11. The fraction of sp³-hybridized carbons (Fsp3) is 0.278. The summed E-state index contributed by atoms with van der Waals surface area (Å²) in [5.74, 6) is 0. The first-order valence-electron chi connectivity index (χ1n) is 7.58. The predicted molar refractivity (Wildman–Crippen MR) is 92.5 cm³/mol. The van der Waals surface area contributed by atoms with Crippen molar-refractivity contribution in [3.05, 3.63) is 58.9 Å². The maximum atomic E-state index is 11.5. The summed E-state index contributed by atoms with van der Waals surface area (Å²) in [4.78, 5) is 8.39. The SMILES string of the molecule is Cc1ccc2[nH]c(C)c(CCc3ccc(S(C)(=O)=O)cc3)c2n1. The van der Waals surface area contributed by atoms with Crippen molar-refractivity contribution in [2.45, 2.75) is 31.6 Å². The van der Waals surface area contributed by atoms with Crippen molar-refractivity contribution in [2.75, 3.05) is 6.26 Å². The number of aromatic nitrogens is 2. The quantitative estimate of drug-likeness (QED) is 0.798. The van der Waals surface area contributed by atoms with Crippen LogP contribution < -0.4 is 0 Å². The standard InChI is InChI=1S/C18H20N2O2S/c1-12-4-11-17-18(19-12)16(13(2)20-17)10-7-14-5-8-15(9-6-14)23(3,21)22/h4-6,8-9,11,20H,7,10H2,1-3H3. The second kappa shape index (κ2) is 5.81. The van der Waals surface area contributed by atoms with Crippen LogP contribution in [-0.2, 0) is 22.7 Å². The highest BCUT2D eigenvalue weighted by Gasteiger charge is 2.11. The van der Waals surface area contributed by atoms with Gasteiger partial charge in [0.25, 0.3) is 0 Å². The Morgan fingerprint density at radius 1 is 1.00 bits per heavy atom. The number of aryl methyl sites for hydroxylation is 4. The van der Waals surface area contributed by atoms with Crippen LogP contribution in [0.5, 0.6) is 0 Å². The third kappa shape index (κ3) is 3.29. The maximum absolute atomic E-state index is 11.5. The van der Waals surface area contributed by atoms with E-state index in [4.69, 9.17) is 0 Å². The molecule has 0 bridgehead atoms. The monoisotopic (exact) mass is 328 g/mol. The molecule has 0 atom stereocenters. The molecule has 120 valence electrons. The molecule has 0 aliphatic carbocycles. The highest BCUT2D eigenvalue weighted by Crippen LogP contribution is 2.22. The molecule has 0 unspecified atom stereocenters. The van der Waals surface area contributed by atoms with Crippen molar-refractivity contribution in [3.8, 4) is 0 Å². The minimum atomic E-state index is -3.13. The summed E-state index contributed by atoms with van der Waals surface area (Å²) in [7, 11) is -3.13. The van der Waals surface area contributed by atoms with E-state index in [2.05, 4.69) is 23.0 Å².